The molecule has 0 bridgehead atoms. The molecule has 0 unspecified atom stereocenters. The number of carbonyl (C=O) groups is 1. The first-order valence-electron chi connectivity index (χ1n) is 8.64. The number of esters is 1. The fourth-order valence-electron chi connectivity index (χ4n) is 2.62. The SMILES string of the molecule is C=C(C)COc1ccc([C@H](CC(=O)OC)c2oc(COC)cc(=O)c2O)cc1. The van der Waals surface area contributed by atoms with Gasteiger partial charge in [0.2, 0.25) is 11.2 Å². The molecule has 28 heavy (non-hydrogen) atoms. The van der Waals surface area contributed by atoms with Crippen molar-refractivity contribution < 1.29 is 28.5 Å². The summed E-state index contributed by atoms with van der Waals surface area (Å²) in [5.41, 5.74) is 0.931. The number of benzene rings is 1. The molecule has 0 spiro atoms. The maximum Gasteiger partial charge on any atom is 0.306 e. The zero-order valence-electron chi connectivity index (χ0n) is 16.2. The molecule has 0 radical (unpaired) electrons. The van der Waals surface area contributed by atoms with Gasteiger partial charge in [0.15, 0.2) is 5.76 Å². The Kier molecular flexibility index (Phi) is 7.40. The highest BCUT2D eigenvalue weighted by Crippen LogP contribution is 2.34. The van der Waals surface area contributed by atoms with Crippen LogP contribution in [0.1, 0.15) is 36.3 Å². The molecule has 2 rings (SSSR count). The van der Waals surface area contributed by atoms with Crippen LogP contribution in [-0.2, 0) is 20.9 Å². The maximum atomic E-state index is 12.1. The fourth-order valence-corrected chi connectivity index (χ4v) is 2.62. The molecule has 150 valence electrons. The Labute approximate surface area is 163 Å². The molecular formula is C21H24O7. The third kappa shape index (κ3) is 5.47. The van der Waals surface area contributed by atoms with Gasteiger partial charge in [-0.3, -0.25) is 9.59 Å². The highest BCUT2D eigenvalue weighted by molar-refractivity contribution is 5.71. The lowest BCUT2D eigenvalue weighted by molar-refractivity contribution is -0.140. The number of hydrogen-bond acceptors (Lipinski definition) is 7. The van der Waals surface area contributed by atoms with E-state index < -0.39 is 23.1 Å². The van der Waals surface area contributed by atoms with E-state index in [0.29, 0.717) is 17.9 Å². The standard InChI is InChI=1S/C21H24O7/c1-13(2)11-27-15-7-5-14(6-8-15)17(10-19(23)26-4)21-20(24)18(22)9-16(28-21)12-25-3/h5-9,17,24H,1,10-12H2,2-4H3/t17-/m0/s1. The Bertz CT molecular complexity index is 881. The molecule has 0 aliphatic rings. The normalized spacial score (nSPS) is 11.7. The van der Waals surface area contributed by atoms with Crippen LogP contribution in [0.3, 0.4) is 0 Å². The number of aromatic hydroxyl groups is 1. The highest BCUT2D eigenvalue weighted by atomic mass is 16.5. The van der Waals surface area contributed by atoms with Crippen LogP contribution in [-0.4, -0.2) is 31.9 Å². The predicted octanol–water partition coefficient (Wildman–Crippen LogP) is 3.14. The molecule has 7 nitrogen and oxygen atoms in total. The minimum absolute atomic E-state index is 0.0134. The Morgan fingerprint density at radius 3 is 2.50 bits per heavy atom. The maximum absolute atomic E-state index is 12.1. The van der Waals surface area contributed by atoms with E-state index in [1.165, 1.54) is 14.2 Å². The summed E-state index contributed by atoms with van der Waals surface area (Å²) in [5.74, 6) is -0.908. The molecule has 1 aromatic carbocycles. The van der Waals surface area contributed by atoms with Gasteiger partial charge in [-0.05, 0) is 30.2 Å². The van der Waals surface area contributed by atoms with Crippen LogP contribution in [0.15, 0.2) is 51.7 Å². The molecule has 1 atom stereocenters. The number of methoxy groups -OCH3 is 2. The zero-order valence-corrected chi connectivity index (χ0v) is 16.2. The van der Waals surface area contributed by atoms with Crippen LogP contribution in [0.5, 0.6) is 11.5 Å². The van der Waals surface area contributed by atoms with Crippen molar-refractivity contribution in [2.75, 3.05) is 20.8 Å². The molecule has 7 heteroatoms. The van der Waals surface area contributed by atoms with Crippen LogP contribution < -0.4 is 10.2 Å². The monoisotopic (exact) mass is 388 g/mol. The van der Waals surface area contributed by atoms with Crippen LogP contribution >= 0.6 is 0 Å². The lowest BCUT2D eigenvalue weighted by atomic mass is 9.92. The van der Waals surface area contributed by atoms with Gasteiger partial charge in [0.1, 0.15) is 24.7 Å². The van der Waals surface area contributed by atoms with Crippen molar-refractivity contribution in [3.8, 4) is 11.5 Å². The minimum Gasteiger partial charge on any atom is -0.502 e. The van der Waals surface area contributed by atoms with Gasteiger partial charge in [-0.2, -0.15) is 0 Å². The van der Waals surface area contributed by atoms with Crippen LogP contribution in [0.4, 0.5) is 0 Å². The molecule has 1 N–H and O–H groups in total. The van der Waals surface area contributed by atoms with E-state index in [0.717, 1.165) is 11.6 Å². The summed E-state index contributed by atoms with van der Waals surface area (Å²) in [6.07, 6.45) is -0.116. The minimum atomic E-state index is -0.716. The van der Waals surface area contributed by atoms with Gasteiger partial charge in [0, 0.05) is 13.2 Å². The van der Waals surface area contributed by atoms with E-state index in [1.807, 2.05) is 6.92 Å². The van der Waals surface area contributed by atoms with Gasteiger partial charge in [-0.15, -0.1) is 0 Å². The van der Waals surface area contributed by atoms with Gasteiger partial charge < -0.3 is 23.7 Å². The van der Waals surface area contributed by atoms with Crippen molar-refractivity contribution in [2.24, 2.45) is 0 Å². The third-order valence-corrected chi connectivity index (χ3v) is 3.97. The Hall–Kier alpha value is -3.06. The summed E-state index contributed by atoms with van der Waals surface area (Å²) >= 11 is 0. The second-order valence-corrected chi connectivity index (χ2v) is 6.37. The van der Waals surface area contributed by atoms with E-state index in [4.69, 9.17) is 18.6 Å². The Balaban J connectivity index is 2.44. The summed E-state index contributed by atoms with van der Waals surface area (Å²) in [6.45, 7) is 6.09. The number of carbonyl (C=O) groups excluding carboxylic acids is 1. The average Bonchev–Trinajstić information content (AvgIpc) is 2.68. The largest absolute Gasteiger partial charge is 0.502 e. The average molecular weight is 388 g/mol. The molecule has 0 saturated carbocycles. The highest BCUT2D eigenvalue weighted by Gasteiger charge is 2.26. The van der Waals surface area contributed by atoms with Crippen molar-refractivity contribution in [3.63, 3.8) is 0 Å². The molecule has 1 aromatic heterocycles. The lowest BCUT2D eigenvalue weighted by Gasteiger charge is -2.18. The van der Waals surface area contributed by atoms with Gasteiger partial charge in [-0.25, -0.2) is 0 Å². The Morgan fingerprint density at radius 2 is 1.93 bits per heavy atom. The summed E-state index contributed by atoms with van der Waals surface area (Å²) in [7, 11) is 2.73. The van der Waals surface area contributed by atoms with Gasteiger partial charge in [0.05, 0.1) is 19.4 Å². The van der Waals surface area contributed by atoms with Gasteiger partial charge in [-0.1, -0.05) is 18.7 Å². The zero-order chi connectivity index (χ0) is 20.7. The molecule has 0 aliphatic carbocycles. The van der Waals surface area contributed by atoms with E-state index in [-0.39, 0.29) is 24.5 Å². The van der Waals surface area contributed by atoms with Crippen molar-refractivity contribution in [1.29, 1.82) is 0 Å². The quantitative estimate of drug-likeness (QED) is 0.521. The number of hydrogen-bond donors (Lipinski definition) is 1. The summed E-state index contributed by atoms with van der Waals surface area (Å²) in [5, 5.41) is 10.3. The molecule has 2 aromatic rings. The van der Waals surface area contributed by atoms with Crippen LogP contribution in [0, 0.1) is 0 Å². The molecule has 0 fully saturated rings. The van der Waals surface area contributed by atoms with Gasteiger partial charge in [0.25, 0.3) is 0 Å². The van der Waals surface area contributed by atoms with Crippen molar-refractivity contribution >= 4 is 5.97 Å². The summed E-state index contributed by atoms with van der Waals surface area (Å²) in [6, 6.07) is 8.10. The van der Waals surface area contributed by atoms with Crippen LogP contribution in [0.25, 0.3) is 0 Å². The molecular weight excluding hydrogens is 364 g/mol. The first-order valence-corrected chi connectivity index (χ1v) is 8.64. The molecule has 0 aliphatic heterocycles. The fraction of sp³-hybridized carbons (Fsp3) is 0.333. The predicted molar refractivity (Wildman–Crippen MR) is 103 cm³/mol. The molecule has 0 amide bonds. The van der Waals surface area contributed by atoms with E-state index in [2.05, 4.69) is 6.58 Å². The first-order chi connectivity index (χ1) is 13.3. The van der Waals surface area contributed by atoms with Crippen molar-refractivity contribution in [1.82, 2.24) is 0 Å². The number of rotatable bonds is 9. The Morgan fingerprint density at radius 1 is 1.25 bits per heavy atom. The van der Waals surface area contributed by atoms with Crippen molar-refractivity contribution in [3.05, 3.63) is 69.8 Å². The number of ether oxygens (including phenoxy) is 3. The topological polar surface area (TPSA) is 95.2 Å². The summed E-state index contributed by atoms with van der Waals surface area (Å²) in [4.78, 5) is 24.1. The first kappa shape index (κ1) is 21.2. The molecule has 0 saturated heterocycles. The van der Waals surface area contributed by atoms with Crippen molar-refractivity contribution in [2.45, 2.75) is 25.9 Å². The molecule has 1 heterocycles. The van der Waals surface area contributed by atoms with E-state index in [9.17, 15) is 14.7 Å². The van der Waals surface area contributed by atoms with Gasteiger partial charge >= 0.3 is 5.97 Å². The second kappa shape index (κ2) is 9.75. The smallest absolute Gasteiger partial charge is 0.306 e. The third-order valence-electron chi connectivity index (χ3n) is 3.97. The summed E-state index contributed by atoms with van der Waals surface area (Å²) < 4.78 is 21.0. The van der Waals surface area contributed by atoms with E-state index >= 15 is 0 Å². The second-order valence-electron chi connectivity index (χ2n) is 6.37. The van der Waals surface area contributed by atoms with E-state index in [1.54, 1.807) is 24.3 Å². The van der Waals surface area contributed by atoms with Crippen LogP contribution in [0.2, 0.25) is 0 Å². The lowest BCUT2D eigenvalue weighted by Crippen LogP contribution is -2.14.